The summed E-state index contributed by atoms with van der Waals surface area (Å²) >= 11 is 0. The van der Waals surface area contributed by atoms with Gasteiger partial charge in [-0.2, -0.15) is 0 Å². The Hall–Kier alpha value is -1.06. The van der Waals surface area contributed by atoms with Gasteiger partial charge in [-0.15, -0.1) is 0 Å². The molecule has 1 aromatic carbocycles. The normalized spacial score (nSPS) is 29.4. The monoisotopic (exact) mass is 259 g/mol. The third kappa shape index (κ3) is 3.28. The SMILES string of the molecule is Cc1cccc(NCCN[C@@H]2CN3CCC2CC3)c1. The van der Waals surface area contributed by atoms with E-state index < -0.39 is 0 Å². The lowest BCUT2D eigenvalue weighted by atomic mass is 9.84. The van der Waals surface area contributed by atoms with Crippen molar-refractivity contribution in [3.05, 3.63) is 29.8 Å². The highest BCUT2D eigenvalue weighted by Gasteiger charge is 2.33. The third-order valence-electron chi connectivity index (χ3n) is 4.53. The molecule has 3 aliphatic rings. The summed E-state index contributed by atoms with van der Waals surface area (Å²) in [5, 5.41) is 7.23. The Kier molecular flexibility index (Phi) is 4.04. The number of hydrogen-bond donors (Lipinski definition) is 2. The summed E-state index contributed by atoms with van der Waals surface area (Å²) < 4.78 is 0. The van der Waals surface area contributed by atoms with Gasteiger partial charge in [0.2, 0.25) is 0 Å². The van der Waals surface area contributed by atoms with Gasteiger partial charge in [-0.1, -0.05) is 12.1 Å². The number of anilines is 1. The summed E-state index contributed by atoms with van der Waals surface area (Å²) in [7, 11) is 0. The van der Waals surface area contributed by atoms with Gasteiger partial charge in [-0.25, -0.2) is 0 Å². The molecule has 3 heteroatoms. The molecule has 0 spiro atoms. The summed E-state index contributed by atoms with van der Waals surface area (Å²) in [6, 6.07) is 9.31. The van der Waals surface area contributed by atoms with E-state index in [4.69, 9.17) is 0 Å². The quantitative estimate of drug-likeness (QED) is 0.793. The van der Waals surface area contributed by atoms with Gasteiger partial charge >= 0.3 is 0 Å². The largest absolute Gasteiger partial charge is 0.384 e. The molecule has 1 atom stereocenters. The first-order valence-corrected chi connectivity index (χ1v) is 7.57. The Labute approximate surface area is 116 Å². The number of nitrogens with one attached hydrogen (secondary N) is 2. The summed E-state index contributed by atoms with van der Waals surface area (Å²) in [5.74, 6) is 0.920. The zero-order valence-corrected chi connectivity index (χ0v) is 11.9. The fraction of sp³-hybridized carbons (Fsp3) is 0.625. The zero-order valence-electron chi connectivity index (χ0n) is 11.9. The van der Waals surface area contributed by atoms with Gasteiger partial charge in [-0.3, -0.25) is 0 Å². The van der Waals surface area contributed by atoms with Crippen molar-refractivity contribution in [3.63, 3.8) is 0 Å². The van der Waals surface area contributed by atoms with E-state index in [0.29, 0.717) is 0 Å². The van der Waals surface area contributed by atoms with E-state index in [2.05, 4.69) is 46.7 Å². The Morgan fingerprint density at radius 2 is 2.05 bits per heavy atom. The fourth-order valence-electron chi connectivity index (χ4n) is 3.42. The first kappa shape index (κ1) is 12.9. The average molecular weight is 259 g/mol. The van der Waals surface area contributed by atoms with Crippen LogP contribution in [0.3, 0.4) is 0 Å². The van der Waals surface area contributed by atoms with Gasteiger partial charge < -0.3 is 15.5 Å². The zero-order chi connectivity index (χ0) is 13.1. The molecule has 0 saturated carbocycles. The minimum absolute atomic E-state index is 0.724. The van der Waals surface area contributed by atoms with Crippen molar-refractivity contribution in [2.75, 3.05) is 38.0 Å². The molecule has 104 valence electrons. The molecule has 1 aromatic rings. The molecule has 0 unspecified atom stereocenters. The van der Waals surface area contributed by atoms with Crippen LogP contribution in [0.2, 0.25) is 0 Å². The summed E-state index contributed by atoms with van der Waals surface area (Å²) in [6.07, 6.45) is 2.78. The van der Waals surface area contributed by atoms with Crippen molar-refractivity contribution in [1.29, 1.82) is 0 Å². The summed E-state index contributed by atoms with van der Waals surface area (Å²) in [4.78, 5) is 2.60. The van der Waals surface area contributed by atoms with Gasteiger partial charge in [0.1, 0.15) is 0 Å². The highest BCUT2D eigenvalue weighted by atomic mass is 15.2. The van der Waals surface area contributed by atoms with Crippen molar-refractivity contribution in [1.82, 2.24) is 10.2 Å². The van der Waals surface area contributed by atoms with Crippen LogP contribution in [0.1, 0.15) is 18.4 Å². The topological polar surface area (TPSA) is 27.3 Å². The van der Waals surface area contributed by atoms with E-state index in [9.17, 15) is 0 Å². The van der Waals surface area contributed by atoms with E-state index in [1.54, 1.807) is 0 Å². The molecule has 2 N–H and O–H groups in total. The first-order valence-electron chi connectivity index (χ1n) is 7.57. The Morgan fingerprint density at radius 3 is 2.74 bits per heavy atom. The van der Waals surface area contributed by atoms with Crippen molar-refractivity contribution >= 4 is 5.69 Å². The number of piperidine rings is 3. The van der Waals surface area contributed by atoms with Crippen LogP contribution in [-0.4, -0.2) is 43.7 Å². The van der Waals surface area contributed by atoms with Gasteiger partial charge in [0.25, 0.3) is 0 Å². The molecule has 0 radical (unpaired) electrons. The van der Waals surface area contributed by atoms with Crippen LogP contribution < -0.4 is 10.6 Å². The van der Waals surface area contributed by atoms with Gasteiger partial charge in [-0.05, 0) is 56.5 Å². The number of aryl methyl sites for hydroxylation is 1. The van der Waals surface area contributed by atoms with Crippen LogP contribution in [-0.2, 0) is 0 Å². The van der Waals surface area contributed by atoms with Gasteiger partial charge in [0, 0.05) is 31.4 Å². The van der Waals surface area contributed by atoms with E-state index in [1.165, 1.54) is 43.7 Å². The van der Waals surface area contributed by atoms with Crippen LogP contribution in [0.15, 0.2) is 24.3 Å². The van der Waals surface area contributed by atoms with Crippen molar-refractivity contribution in [3.8, 4) is 0 Å². The van der Waals surface area contributed by atoms with Crippen LogP contribution in [0.5, 0.6) is 0 Å². The molecule has 0 aromatic heterocycles. The highest BCUT2D eigenvalue weighted by molar-refractivity contribution is 5.45. The summed E-state index contributed by atoms with van der Waals surface area (Å²) in [5.41, 5.74) is 2.55. The molecular formula is C16H25N3. The second-order valence-electron chi connectivity index (χ2n) is 5.99. The van der Waals surface area contributed by atoms with Crippen LogP contribution >= 0.6 is 0 Å². The Bertz CT molecular complexity index is 410. The maximum Gasteiger partial charge on any atom is 0.0343 e. The molecule has 0 amide bonds. The molecule has 0 aliphatic carbocycles. The molecule has 2 bridgehead atoms. The van der Waals surface area contributed by atoms with E-state index in [-0.39, 0.29) is 0 Å². The van der Waals surface area contributed by atoms with E-state index in [0.717, 1.165) is 25.0 Å². The molecule has 3 fully saturated rings. The van der Waals surface area contributed by atoms with E-state index in [1.807, 2.05) is 0 Å². The van der Waals surface area contributed by atoms with Crippen LogP contribution in [0.4, 0.5) is 5.69 Å². The van der Waals surface area contributed by atoms with Crippen molar-refractivity contribution in [2.24, 2.45) is 5.92 Å². The number of hydrogen-bond acceptors (Lipinski definition) is 3. The second kappa shape index (κ2) is 5.93. The number of fused-ring (bicyclic) bond motifs is 3. The molecule has 4 rings (SSSR count). The lowest BCUT2D eigenvalue weighted by Crippen LogP contribution is -2.56. The number of nitrogens with zero attached hydrogens (tertiary/aromatic N) is 1. The molecule has 3 heterocycles. The Morgan fingerprint density at radius 1 is 1.21 bits per heavy atom. The lowest BCUT2D eigenvalue weighted by Gasteiger charge is -2.45. The smallest absolute Gasteiger partial charge is 0.0343 e. The van der Waals surface area contributed by atoms with Gasteiger partial charge in [0.15, 0.2) is 0 Å². The maximum atomic E-state index is 3.73. The van der Waals surface area contributed by atoms with E-state index >= 15 is 0 Å². The molecule has 19 heavy (non-hydrogen) atoms. The second-order valence-corrected chi connectivity index (χ2v) is 5.99. The number of rotatable bonds is 5. The predicted molar refractivity (Wildman–Crippen MR) is 80.6 cm³/mol. The average Bonchev–Trinajstić information content (AvgIpc) is 2.45. The van der Waals surface area contributed by atoms with Crippen molar-refractivity contribution < 1.29 is 0 Å². The third-order valence-corrected chi connectivity index (χ3v) is 4.53. The minimum Gasteiger partial charge on any atom is -0.384 e. The highest BCUT2D eigenvalue weighted by Crippen LogP contribution is 2.27. The lowest BCUT2D eigenvalue weighted by molar-refractivity contribution is 0.0735. The fourth-order valence-corrected chi connectivity index (χ4v) is 3.42. The minimum atomic E-state index is 0.724. The number of benzene rings is 1. The first-order chi connectivity index (χ1) is 9.31. The maximum absolute atomic E-state index is 3.73. The van der Waals surface area contributed by atoms with Gasteiger partial charge in [0.05, 0.1) is 0 Å². The molecule has 3 nitrogen and oxygen atoms in total. The molecule has 3 saturated heterocycles. The predicted octanol–water partition coefficient (Wildman–Crippen LogP) is 2.09. The standard InChI is InChI=1S/C16H25N3/c1-13-3-2-4-15(11-13)17-7-8-18-16-12-19-9-5-14(16)6-10-19/h2-4,11,14,16-18H,5-10,12H2,1H3/t16-/m1/s1. The summed E-state index contributed by atoms with van der Waals surface area (Å²) in [6.45, 7) is 8.11. The van der Waals surface area contributed by atoms with Crippen LogP contribution in [0, 0.1) is 12.8 Å². The molecule has 3 aliphatic heterocycles. The molecular weight excluding hydrogens is 234 g/mol. The van der Waals surface area contributed by atoms with Crippen molar-refractivity contribution in [2.45, 2.75) is 25.8 Å². The Balaban J connectivity index is 1.39. The van der Waals surface area contributed by atoms with Crippen LogP contribution in [0.25, 0.3) is 0 Å².